The summed E-state index contributed by atoms with van der Waals surface area (Å²) in [4.78, 5) is 2.91. The van der Waals surface area contributed by atoms with E-state index in [-0.39, 0.29) is 133 Å². The van der Waals surface area contributed by atoms with Gasteiger partial charge in [0.1, 0.15) is 0 Å². The molecule has 0 radical (unpaired) electrons. The molecule has 10 rings (SSSR count). The normalized spacial score (nSPS) is 17.2. The maximum Gasteiger partial charge on any atom is 0.252 e. The summed E-state index contributed by atoms with van der Waals surface area (Å²) in [6.07, 6.45) is 0. The van der Waals surface area contributed by atoms with E-state index in [1.165, 1.54) is 9.80 Å². The summed E-state index contributed by atoms with van der Waals surface area (Å²) in [5.74, 6) is 0. The summed E-state index contributed by atoms with van der Waals surface area (Å²) in [6.45, 7) is 20.5. The minimum atomic E-state index is -1.27. The third-order valence-corrected chi connectivity index (χ3v) is 12.1. The highest BCUT2D eigenvalue weighted by Gasteiger charge is 2.45. The zero-order valence-electron chi connectivity index (χ0n) is 51.7. The fourth-order valence-corrected chi connectivity index (χ4v) is 8.68. The lowest BCUT2D eigenvalue weighted by Gasteiger charge is -2.45. The van der Waals surface area contributed by atoms with Crippen LogP contribution in [0.25, 0.3) is 27.5 Å². The number of rotatable bonds is 3. The monoisotopic (exact) mass is 824 g/mol. The van der Waals surface area contributed by atoms with Gasteiger partial charge in [0, 0.05) is 44.9 Å². The summed E-state index contributed by atoms with van der Waals surface area (Å²) in [6, 6.07) is 14.4. The Kier molecular flexibility index (Phi) is 6.02. The van der Waals surface area contributed by atoms with Crippen LogP contribution in [0.1, 0.15) is 125 Å². The molecule has 0 saturated carbocycles. The molecule has 3 nitrogen and oxygen atoms in total. The Morgan fingerprint density at radius 2 is 0.758 bits per heavy atom. The van der Waals surface area contributed by atoms with E-state index in [2.05, 4.69) is 0 Å². The van der Waals surface area contributed by atoms with Gasteiger partial charge >= 0.3 is 0 Å². The molecular formula is C58H60BN3. The molecule has 3 heterocycles. The number of benzene rings is 7. The Morgan fingerprint density at radius 3 is 1.13 bits per heavy atom. The standard InChI is InChI=1S/C58H60BN3/c1-55(2,3)37-21-27-41(28-22-37)60-50-31-25-39(57(7,8)9)33-46(50)59-47-34-40(58(10,11)12)26-32-51(47)61(42-29-23-38(24-30-42)56(4,5)6)53-36-43(35-52(60)54(53)59)62-48-19-15-13-17-44(48)45-18-14-16-20-49(45)62/h13-36H,1-12H3/i21D,22D,23D,24D,25D,26D,27D,28D,29D,30D,31D,32D,33D,34D. The molecule has 0 fully saturated rings. The Bertz CT molecular complexity index is 3590. The van der Waals surface area contributed by atoms with E-state index in [0.29, 0.717) is 5.69 Å². The van der Waals surface area contributed by atoms with Gasteiger partial charge < -0.3 is 14.4 Å². The minimum absolute atomic E-state index is 0.0912. The van der Waals surface area contributed by atoms with Crippen molar-refractivity contribution in [2.75, 3.05) is 9.80 Å². The number of anilines is 6. The second kappa shape index (κ2) is 13.8. The van der Waals surface area contributed by atoms with Gasteiger partial charge in [-0.25, -0.2) is 0 Å². The zero-order chi connectivity index (χ0) is 55.9. The van der Waals surface area contributed by atoms with Crippen LogP contribution in [0.3, 0.4) is 0 Å². The van der Waals surface area contributed by atoms with Gasteiger partial charge in [0.15, 0.2) is 0 Å². The maximum absolute atomic E-state index is 10.4. The molecule has 0 spiro atoms. The zero-order valence-corrected chi connectivity index (χ0v) is 37.7. The van der Waals surface area contributed by atoms with E-state index in [4.69, 9.17) is 0 Å². The number of fused-ring (bicyclic) bond motifs is 7. The van der Waals surface area contributed by atoms with Crippen molar-refractivity contribution in [1.82, 2.24) is 4.57 Å². The summed E-state index contributed by atoms with van der Waals surface area (Å²) < 4.78 is 141. The summed E-state index contributed by atoms with van der Waals surface area (Å²) in [7, 11) is 0. The molecule has 310 valence electrons. The molecule has 2 aliphatic rings. The molecule has 4 heteroatoms. The van der Waals surface area contributed by atoms with Crippen molar-refractivity contribution in [1.29, 1.82) is 0 Å². The Labute approximate surface area is 389 Å². The summed E-state index contributed by atoms with van der Waals surface area (Å²) in [5, 5.41) is 1.78. The predicted molar refractivity (Wildman–Crippen MR) is 270 cm³/mol. The van der Waals surface area contributed by atoms with Crippen LogP contribution >= 0.6 is 0 Å². The summed E-state index contributed by atoms with van der Waals surface area (Å²) >= 11 is 0. The lowest BCUT2D eigenvalue weighted by molar-refractivity contribution is 0.590. The predicted octanol–water partition coefficient (Wildman–Crippen LogP) is 14.1. The largest absolute Gasteiger partial charge is 0.311 e. The SMILES string of the molecule is [2H]c1c([2H])c(C(C)(C)C)c([2H])c([2H])c1N1c2cc(-n3c4ccccc4c4ccccc43)cc3c2B(c2c([2H])c(C(C)(C)C)c([2H])c([2H])c21)c1c([2H])c(C(C)(C)C)c([2H])c([2H])c1N3c1c([2H])c([2H])c(C(C)(C)C)c([2H])c1[2H]. The average Bonchev–Trinajstić information content (AvgIpc) is 3.82. The van der Waals surface area contributed by atoms with Crippen LogP contribution in [0.2, 0.25) is 0 Å². The van der Waals surface area contributed by atoms with Crippen molar-refractivity contribution < 1.29 is 19.2 Å². The van der Waals surface area contributed by atoms with Crippen LogP contribution in [0.5, 0.6) is 0 Å². The molecule has 0 N–H and O–H groups in total. The Balaban J connectivity index is 1.54. The minimum Gasteiger partial charge on any atom is -0.311 e. The molecule has 0 unspecified atom stereocenters. The van der Waals surface area contributed by atoms with E-state index in [1.54, 1.807) is 53.7 Å². The van der Waals surface area contributed by atoms with Gasteiger partial charge in [0.2, 0.25) is 0 Å². The van der Waals surface area contributed by atoms with Gasteiger partial charge in [-0.1, -0.05) is 168 Å². The molecule has 8 aromatic rings. The van der Waals surface area contributed by atoms with E-state index < -0.39 is 52.5 Å². The van der Waals surface area contributed by atoms with Gasteiger partial charge in [-0.3, -0.25) is 0 Å². The highest BCUT2D eigenvalue weighted by molar-refractivity contribution is 7.00. The van der Waals surface area contributed by atoms with E-state index in [9.17, 15) is 19.2 Å². The topological polar surface area (TPSA) is 11.4 Å². The fourth-order valence-electron chi connectivity index (χ4n) is 8.68. The third kappa shape index (κ3) is 6.40. The number of hydrogen-bond donors (Lipinski definition) is 0. The fraction of sp³-hybridized carbons (Fsp3) is 0.276. The number of para-hydroxylation sites is 2. The van der Waals surface area contributed by atoms with Crippen LogP contribution in [0.15, 0.2) is 145 Å². The van der Waals surface area contributed by atoms with Crippen molar-refractivity contribution in [3.05, 3.63) is 168 Å². The van der Waals surface area contributed by atoms with Gasteiger partial charge in [-0.2, -0.15) is 0 Å². The van der Waals surface area contributed by atoms with Crippen molar-refractivity contribution in [3.8, 4) is 5.69 Å². The van der Waals surface area contributed by atoms with Crippen LogP contribution in [0, 0.1) is 0 Å². The van der Waals surface area contributed by atoms with E-state index in [1.807, 2.05) is 94.6 Å². The molecule has 0 bridgehead atoms. The van der Waals surface area contributed by atoms with Gasteiger partial charge in [0.25, 0.3) is 6.71 Å². The molecule has 1 aromatic heterocycles. The highest BCUT2D eigenvalue weighted by atomic mass is 15.2. The molecule has 0 aliphatic carbocycles. The van der Waals surface area contributed by atoms with Crippen LogP contribution in [-0.2, 0) is 21.7 Å². The molecular weight excluding hydrogens is 749 g/mol. The van der Waals surface area contributed by atoms with Crippen molar-refractivity contribution in [2.45, 2.75) is 105 Å². The number of aromatic nitrogens is 1. The lowest BCUT2D eigenvalue weighted by Crippen LogP contribution is -2.61. The average molecular weight is 824 g/mol. The number of nitrogens with zero attached hydrogens (tertiary/aromatic N) is 3. The van der Waals surface area contributed by atoms with Crippen molar-refractivity contribution in [3.63, 3.8) is 0 Å². The maximum atomic E-state index is 10.4. The third-order valence-electron chi connectivity index (χ3n) is 12.1. The first kappa shape index (κ1) is 27.1. The van der Waals surface area contributed by atoms with E-state index >= 15 is 0 Å². The van der Waals surface area contributed by atoms with E-state index in [0.717, 1.165) is 21.8 Å². The molecule has 2 aliphatic heterocycles. The first-order chi connectivity index (χ1) is 35.2. The Morgan fingerprint density at radius 1 is 0.403 bits per heavy atom. The van der Waals surface area contributed by atoms with Crippen molar-refractivity contribution in [2.24, 2.45) is 0 Å². The van der Waals surface area contributed by atoms with Crippen LogP contribution in [-0.4, -0.2) is 11.3 Å². The summed E-state index contributed by atoms with van der Waals surface area (Å²) in [5.41, 5.74) is -0.822. The molecule has 62 heavy (non-hydrogen) atoms. The quantitative estimate of drug-likeness (QED) is 0.164. The second-order valence-electron chi connectivity index (χ2n) is 20.8. The first-order valence-corrected chi connectivity index (χ1v) is 21.4. The molecule has 0 saturated heterocycles. The van der Waals surface area contributed by atoms with Crippen LogP contribution < -0.4 is 26.2 Å². The number of hydrogen-bond acceptors (Lipinski definition) is 2. The van der Waals surface area contributed by atoms with Crippen molar-refractivity contribution >= 4 is 79.0 Å². The van der Waals surface area contributed by atoms with Gasteiger partial charge in [0.05, 0.1) is 35.9 Å². The molecule has 0 amide bonds. The van der Waals surface area contributed by atoms with Crippen LogP contribution in [0.4, 0.5) is 34.1 Å². The molecule has 0 atom stereocenters. The highest BCUT2D eigenvalue weighted by Crippen LogP contribution is 2.47. The lowest BCUT2D eigenvalue weighted by atomic mass is 9.33. The smallest absolute Gasteiger partial charge is 0.252 e. The Hall–Kier alpha value is -6.00. The molecule has 7 aromatic carbocycles. The second-order valence-corrected chi connectivity index (χ2v) is 20.8. The first-order valence-electron chi connectivity index (χ1n) is 28.4. The van der Waals surface area contributed by atoms with Gasteiger partial charge in [-0.15, -0.1) is 0 Å². The van der Waals surface area contributed by atoms with Gasteiger partial charge in [-0.05, 0) is 121 Å².